The molecule has 1 amide bonds. The van der Waals surface area contributed by atoms with Gasteiger partial charge in [0.15, 0.2) is 0 Å². The van der Waals surface area contributed by atoms with Gasteiger partial charge in [0.2, 0.25) is 0 Å². The highest BCUT2D eigenvalue weighted by molar-refractivity contribution is 5.94. The Balaban J connectivity index is 1.70. The van der Waals surface area contributed by atoms with Crippen LogP contribution in [0.25, 0.3) is 0 Å². The molecule has 26 heavy (non-hydrogen) atoms. The zero-order chi connectivity index (χ0) is 18.4. The van der Waals surface area contributed by atoms with Crippen LogP contribution in [0.2, 0.25) is 0 Å². The number of likely N-dealkylation sites (tertiary alicyclic amines) is 1. The second-order valence-electron chi connectivity index (χ2n) is 6.55. The number of nitrogens with zero attached hydrogens (tertiary/aromatic N) is 1. The molecule has 0 saturated carbocycles. The Bertz CT molecular complexity index is 734. The largest absolute Gasteiger partial charge is 0.497 e. The van der Waals surface area contributed by atoms with Crippen molar-refractivity contribution in [1.29, 1.82) is 0 Å². The maximum atomic E-state index is 12.9. The van der Waals surface area contributed by atoms with E-state index in [9.17, 15) is 4.79 Å². The van der Waals surface area contributed by atoms with Gasteiger partial charge in [0.25, 0.3) is 5.91 Å². The lowest BCUT2D eigenvalue weighted by Gasteiger charge is -2.41. The van der Waals surface area contributed by atoms with E-state index >= 15 is 0 Å². The van der Waals surface area contributed by atoms with E-state index < -0.39 is 5.60 Å². The molecule has 0 radical (unpaired) electrons. The SMILES string of the molecule is COc1cccc(C(=O)N2CCCC(COc3ccccc3)(OC)C2)c1. The van der Waals surface area contributed by atoms with Crippen LogP contribution >= 0.6 is 0 Å². The summed E-state index contributed by atoms with van der Waals surface area (Å²) in [7, 11) is 3.29. The third kappa shape index (κ3) is 4.17. The zero-order valence-corrected chi connectivity index (χ0v) is 15.3. The standard InChI is InChI=1S/C21H25NO4/c1-24-19-11-6-8-17(14-19)20(23)22-13-7-12-21(15-22,25-2)16-26-18-9-4-3-5-10-18/h3-6,8-11,14H,7,12-13,15-16H2,1-2H3. The quantitative estimate of drug-likeness (QED) is 0.797. The van der Waals surface area contributed by atoms with Crippen molar-refractivity contribution in [2.45, 2.75) is 18.4 Å². The van der Waals surface area contributed by atoms with E-state index in [1.165, 1.54) is 0 Å². The Labute approximate surface area is 154 Å². The van der Waals surface area contributed by atoms with Gasteiger partial charge in [0, 0.05) is 19.2 Å². The van der Waals surface area contributed by atoms with E-state index in [4.69, 9.17) is 14.2 Å². The molecule has 0 bridgehead atoms. The van der Waals surface area contributed by atoms with Gasteiger partial charge in [-0.1, -0.05) is 24.3 Å². The Hall–Kier alpha value is -2.53. The van der Waals surface area contributed by atoms with Crippen molar-refractivity contribution in [2.24, 2.45) is 0 Å². The number of hydrogen-bond acceptors (Lipinski definition) is 4. The normalized spacial score (nSPS) is 19.8. The highest BCUT2D eigenvalue weighted by Crippen LogP contribution is 2.27. The average Bonchev–Trinajstić information content (AvgIpc) is 2.72. The van der Waals surface area contributed by atoms with Gasteiger partial charge in [0.05, 0.1) is 13.7 Å². The number of piperidine rings is 1. The van der Waals surface area contributed by atoms with Crippen LogP contribution in [0.4, 0.5) is 0 Å². The molecular weight excluding hydrogens is 330 g/mol. The smallest absolute Gasteiger partial charge is 0.254 e. The molecule has 1 saturated heterocycles. The molecule has 0 aliphatic carbocycles. The lowest BCUT2D eigenvalue weighted by atomic mass is 9.92. The molecule has 5 heteroatoms. The number of benzene rings is 2. The predicted octanol–water partition coefficient (Wildman–Crippen LogP) is 3.40. The van der Waals surface area contributed by atoms with Crippen molar-refractivity contribution in [3.05, 3.63) is 60.2 Å². The van der Waals surface area contributed by atoms with Crippen molar-refractivity contribution in [1.82, 2.24) is 4.90 Å². The molecule has 1 aliphatic heterocycles. The molecule has 0 aromatic heterocycles. The fraction of sp³-hybridized carbons (Fsp3) is 0.381. The number of carbonyl (C=O) groups is 1. The Morgan fingerprint density at radius 1 is 1.08 bits per heavy atom. The highest BCUT2D eigenvalue weighted by Gasteiger charge is 2.38. The van der Waals surface area contributed by atoms with Gasteiger partial charge < -0.3 is 19.1 Å². The summed E-state index contributed by atoms with van der Waals surface area (Å²) in [5.41, 5.74) is 0.128. The van der Waals surface area contributed by atoms with Gasteiger partial charge in [-0.05, 0) is 43.2 Å². The van der Waals surface area contributed by atoms with Crippen LogP contribution in [0, 0.1) is 0 Å². The van der Waals surface area contributed by atoms with Gasteiger partial charge >= 0.3 is 0 Å². The lowest BCUT2D eigenvalue weighted by molar-refractivity contribution is -0.0824. The van der Waals surface area contributed by atoms with Crippen LogP contribution in [-0.4, -0.2) is 50.3 Å². The fourth-order valence-electron chi connectivity index (χ4n) is 3.28. The van der Waals surface area contributed by atoms with E-state index in [1.807, 2.05) is 53.4 Å². The van der Waals surface area contributed by atoms with E-state index in [0.29, 0.717) is 31.0 Å². The summed E-state index contributed by atoms with van der Waals surface area (Å²) in [6.45, 7) is 1.63. The lowest BCUT2D eigenvalue weighted by Crippen LogP contribution is -2.54. The molecule has 1 atom stereocenters. The third-order valence-corrected chi connectivity index (χ3v) is 4.82. The molecular formula is C21H25NO4. The Kier molecular flexibility index (Phi) is 5.78. The summed E-state index contributed by atoms with van der Waals surface area (Å²) in [4.78, 5) is 14.8. The van der Waals surface area contributed by atoms with Crippen LogP contribution in [0.15, 0.2) is 54.6 Å². The molecule has 1 fully saturated rings. The number of rotatable bonds is 6. The second-order valence-corrected chi connectivity index (χ2v) is 6.55. The summed E-state index contributed by atoms with van der Waals surface area (Å²) in [5, 5.41) is 0. The van der Waals surface area contributed by atoms with Crippen LogP contribution in [0.3, 0.4) is 0 Å². The summed E-state index contributed by atoms with van der Waals surface area (Å²) >= 11 is 0. The maximum Gasteiger partial charge on any atom is 0.254 e. The molecule has 1 aliphatic rings. The molecule has 2 aromatic carbocycles. The minimum Gasteiger partial charge on any atom is -0.497 e. The first-order valence-electron chi connectivity index (χ1n) is 8.82. The first-order chi connectivity index (χ1) is 12.7. The minimum absolute atomic E-state index is 0.00950. The Morgan fingerprint density at radius 3 is 2.58 bits per heavy atom. The topological polar surface area (TPSA) is 48.0 Å². The third-order valence-electron chi connectivity index (χ3n) is 4.82. The highest BCUT2D eigenvalue weighted by atomic mass is 16.5. The van der Waals surface area contributed by atoms with Crippen LogP contribution in [-0.2, 0) is 4.74 Å². The number of hydrogen-bond donors (Lipinski definition) is 0. The average molecular weight is 355 g/mol. The number of methoxy groups -OCH3 is 2. The van der Waals surface area contributed by atoms with Crippen molar-refractivity contribution in [2.75, 3.05) is 33.9 Å². The van der Waals surface area contributed by atoms with Gasteiger partial charge in [0.1, 0.15) is 23.7 Å². The summed E-state index contributed by atoms with van der Waals surface area (Å²) in [6.07, 6.45) is 1.74. The predicted molar refractivity (Wildman–Crippen MR) is 99.8 cm³/mol. The molecule has 5 nitrogen and oxygen atoms in total. The van der Waals surface area contributed by atoms with Crippen molar-refractivity contribution >= 4 is 5.91 Å². The molecule has 3 rings (SSSR count). The molecule has 0 N–H and O–H groups in total. The maximum absolute atomic E-state index is 12.9. The zero-order valence-electron chi connectivity index (χ0n) is 15.3. The van der Waals surface area contributed by atoms with E-state index in [-0.39, 0.29) is 5.91 Å². The summed E-state index contributed by atoms with van der Waals surface area (Å²) < 4.78 is 17.0. The molecule has 0 spiro atoms. The van der Waals surface area contributed by atoms with E-state index in [1.54, 1.807) is 20.3 Å². The molecule has 138 valence electrons. The van der Waals surface area contributed by atoms with E-state index in [2.05, 4.69) is 0 Å². The molecule has 1 unspecified atom stereocenters. The van der Waals surface area contributed by atoms with Crippen molar-refractivity contribution in [3.63, 3.8) is 0 Å². The number of amides is 1. The van der Waals surface area contributed by atoms with Gasteiger partial charge in [-0.25, -0.2) is 0 Å². The first-order valence-corrected chi connectivity index (χ1v) is 8.82. The second kappa shape index (κ2) is 8.23. The monoisotopic (exact) mass is 355 g/mol. The summed E-state index contributed by atoms with van der Waals surface area (Å²) in [5.74, 6) is 1.48. The van der Waals surface area contributed by atoms with Gasteiger partial charge in [-0.15, -0.1) is 0 Å². The van der Waals surface area contributed by atoms with Crippen LogP contribution < -0.4 is 9.47 Å². The fourth-order valence-corrected chi connectivity index (χ4v) is 3.28. The van der Waals surface area contributed by atoms with Crippen LogP contribution in [0.1, 0.15) is 23.2 Å². The van der Waals surface area contributed by atoms with Crippen molar-refractivity contribution < 1.29 is 19.0 Å². The molecule has 2 aromatic rings. The van der Waals surface area contributed by atoms with Gasteiger partial charge in [-0.2, -0.15) is 0 Å². The number of para-hydroxylation sites is 1. The van der Waals surface area contributed by atoms with Gasteiger partial charge in [-0.3, -0.25) is 4.79 Å². The number of carbonyl (C=O) groups excluding carboxylic acids is 1. The van der Waals surface area contributed by atoms with Crippen molar-refractivity contribution in [3.8, 4) is 11.5 Å². The number of ether oxygens (including phenoxy) is 3. The summed E-state index contributed by atoms with van der Waals surface area (Å²) in [6, 6.07) is 16.9. The van der Waals surface area contributed by atoms with E-state index in [0.717, 1.165) is 18.6 Å². The van der Waals surface area contributed by atoms with Crippen LogP contribution in [0.5, 0.6) is 11.5 Å². The first kappa shape index (κ1) is 18.3. The Morgan fingerprint density at radius 2 is 1.85 bits per heavy atom. The minimum atomic E-state index is -0.497. The molecule has 1 heterocycles.